The Morgan fingerprint density at radius 1 is 1.13 bits per heavy atom. The first kappa shape index (κ1) is 24.8. The van der Waals surface area contributed by atoms with Gasteiger partial charge in [-0.2, -0.15) is 0 Å². The highest BCUT2D eigenvalue weighted by atomic mass is 32.2. The number of unbranched alkanes of at least 4 members (excludes halogenated alkanes) is 1. The molecule has 166 valence electrons. The van der Waals surface area contributed by atoms with Gasteiger partial charge in [0.05, 0.1) is 13.1 Å². The van der Waals surface area contributed by atoms with Gasteiger partial charge in [-0.3, -0.25) is 4.79 Å². The Balaban J connectivity index is 1.97. The van der Waals surface area contributed by atoms with Crippen LogP contribution < -0.4 is 5.32 Å². The Labute approximate surface area is 192 Å². The standard InChI is InChI=1S/C22H32N2O3S3/c1-5-6-9-17(23-20(25)27-22(2,3)4)16-30-21(26)24(14-18-10-7-12-28-18)15-19-11-8-13-29-19/h7-8,10-13,17H,5-6,9,14-16H2,1-4H3,(H,23,25). The second kappa shape index (κ2) is 12.4. The number of nitrogens with one attached hydrogen (secondary N) is 1. The first-order chi connectivity index (χ1) is 14.3. The number of amides is 2. The van der Waals surface area contributed by atoms with Gasteiger partial charge in [-0.15, -0.1) is 22.7 Å². The molecule has 0 saturated carbocycles. The number of alkyl carbamates (subject to hydrolysis) is 1. The molecule has 8 heteroatoms. The van der Waals surface area contributed by atoms with Gasteiger partial charge in [-0.1, -0.05) is 43.7 Å². The Kier molecular flexibility index (Phi) is 10.2. The van der Waals surface area contributed by atoms with Crippen LogP contribution in [0.25, 0.3) is 0 Å². The Morgan fingerprint density at radius 2 is 1.73 bits per heavy atom. The molecule has 0 aliphatic carbocycles. The topological polar surface area (TPSA) is 58.6 Å². The fourth-order valence-corrected chi connectivity index (χ4v) is 5.10. The second-order valence-corrected chi connectivity index (χ2v) is 11.1. The highest BCUT2D eigenvalue weighted by Crippen LogP contribution is 2.22. The summed E-state index contributed by atoms with van der Waals surface area (Å²) in [5.41, 5.74) is -0.541. The number of thioether (sulfide) groups is 1. The van der Waals surface area contributed by atoms with E-state index in [1.54, 1.807) is 22.7 Å². The molecule has 2 heterocycles. The van der Waals surface area contributed by atoms with Crippen LogP contribution in [-0.4, -0.2) is 33.6 Å². The van der Waals surface area contributed by atoms with Crippen molar-refractivity contribution in [3.8, 4) is 0 Å². The van der Waals surface area contributed by atoms with Crippen LogP contribution in [0.3, 0.4) is 0 Å². The molecule has 1 atom stereocenters. The first-order valence-electron chi connectivity index (χ1n) is 10.2. The quantitative estimate of drug-likeness (QED) is 0.419. The predicted molar refractivity (Wildman–Crippen MR) is 128 cm³/mol. The molecule has 0 aliphatic rings. The van der Waals surface area contributed by atoms with E-state index in [0.29, 0.717) is 18.8 Å². The molecular formula is C22H32N2O3S3. The summed E-state index contributed by atoms with van der Waals surface area (Å²) < 4.78 is 5.39. The lowest BCUT2D eigenvalue weighted by Gasteiger charge is -2.25. The van der Waals surface area contributed by atoms with Crippen LogP contribution in [-0.2, 0) is 17.8 Å². The van der Waals surface area contributed by atoms with Crippen LogP contribution in [0.1, 0.15) is 56.7 Å². The van der Waals surface area contributed by atoms with Crippen molar-refractivity contribution in [2.45, 2.75) is 71.7 Å². The van der Waals surface area contributed by atoms with Gasteiger partial charge in [0.2, 0.25) is 0 Å². The van der Waals surface area contributed by atoms with E-state index in [-0.39, 0.29) is 11.3 Å². The van der Waals surface area contributed by atoms with Crippen LogP contribution in [0.5, 0.6) is 0 Å². The average Bonchev–Trinajstić information content (AvgIpc) is 3.35. The van der Waals surface area contributed by atoms with Gasteiger partial charge < -0.3 is 15.0 Å². The third-order valence-electron chi connectivity index (χ3n) is 4.15. The summed E-state index contributed by atoms with van der Waals surface area (Å²) in [7, 11) is 0. The Hall–Kier alpha value is -1.51. The van der Waals surface area contributed by atoms with E-state index in [2.05, 4.69) is 24.4 Å². The van der Waals surface area contributed by atoms with E-state index in [4.69, 9.17) is 4.74 Å². The third kappa shape index (κ3) is 9.53. The number of hydrogen-bond acceptors (Lipinski definition) is 6. The minimum absolute atomic E-state index is 0.0317. The second-order valence-electron chi connectivity index (χ2n) is 8.08. The minimum atomic E-state index is -0.541. The Bertz CT molecular complexity index is 719. The van der Waals surface area contributed by atoms with Crippen LogP contribution >= 0.6 is 34.4 Å². The summed E-state index contributed by atoms with van der Waals surface area (Å²) in [5.74, 6) is 0.531. The first-order valence-corrected chi connectivity index (χ1v) is 13.0. The highest BCUT2D eigenvalue weighted by molar-refractivity contribution is 8.13. The number of rotatable bonds is 10. The summed E-state index contributed by atoms with van der Waals surface area (Å²) in [4.78, 5) is 29.4. The third-order valence-corrected chi connectivity index (χ3v) is 6.94. The maximum Gasteiger partial charge on any atom is 0.407 e. The van der Waals surface area contributed by atoms with Crippen LogP contribution in [0.4, 0.5) is 9.59 Å². The summed E-state index contributed by atoms with van der Waals surface area (Å²) >= 11 is 4.59. The van der Waals surface area contributed by atoms with Crippen molar-refractivity contribution in [3.63, 3.8) is 0 Å². The van der Waals surface area contributed by atoms with Gasteiger partial charge in [0.1, 0.15) is 5.60 Å². The zero-order valence-electron chi connectivity index (χ0n) is 18.2. The molecule has 2 amide bonds. The zero-order valence-corrected chi connectivity index (χ0v) is 20.6. The summed E-state index contributed by atoms with van der Waals surface area (Å²) in [6.07, 6.45) is 2.43. The van der Waals surface area contributed by atoms with E-state index >= 15 is 0 Å². The lowest BCUT2D eigenvalue weighted by molar-refractivity contribution is 0.0507. The van der Waals surface area contributed by atoms with Crippen molar-refractivity contribution >= 4 is 45.8 Å². The Morgan fingerprint density at radius 3 is 2.20 bits per heavy atom. The molecule has 1 N–H and O–H groups in total. The molecular weight excluding hydrogens is 436 g/mol. The SMILES string of the molecule is CCCCC(CSC(=O)N(Cc1cccs1)Cc1cccs1)NC(=O)OC(C)(C)C. The lowest BCUT2D eigenvalue weighted by atomic mass is 10.1. The van der Waals surface area contributed by atoms with E-state index in [1.807, 2.05) is 48.6 Å². The summed E-state index contributed by atoms with van der Waals surface area (Å²) in [6, 6.07) is 8.02. The number of hydrogen-bond donors (Lipinski definition) is 1. The number of nitrogens with zero attached hydrogens (tertiary/aromatic N) is 1. The van der Waals surface area contributed by atoms with E-state index in [9.17, 15) is 9.59 Å². The molecule has 0 bridgehead atoms. The molecule has 0 spiro atoms. The smallest absolute Gasteiger partial charge is 0.407 e. The minimum Gasteiger partial charge on any atom is -0.444 e. The number of carbonyl (C=O) groups excluding carboxylic acids is 2. The van der Waals surface area contributed by atoms with Crippen molar-refractivity contribution in [2.24, 2.45) is 0 Å². The summed E-state index contributed by atoms with van der Waals surface area (Å²) in [6.45, 7) is 8.85. The van der Waals surface area contributed by atoms with Gasteiger partial charge in [0.25, 0.3) is 5.24 Å². The molecule has 2 aromatic heterocycles. The van der Waals surface area contributed by atoms with E-state index < -0.39 is 11.7 Å². The van der Waals surface area contributed by atoms with Crippen molar-refractivity contribution in [1.29, 1.82) is 0 Å². The average molecular weight is 469 g/mol. The zero-order chi connectivity index (χ0) is 22.0. The van der Waals surface area contributed by atoms with Gasteiger partial charge in [0.15, 0.2) is 0 Å². The monoisotopic (exact) mass is 468 g/mol. The predicted octanol–water partition coefficient (Wildman–Crippen LogP) is 6.75. The van der Waals surface area contributed by atoms with E-state index in [0.717, 1.165) is 29.0 Å². The molecule has 0 saturated heterocycles. The molecule has 0 aliphatic heterocycles. The normalized spacial score (nSPS) is 12.4. The van der Waals surface area contributed by atoms with Crippen LogP contribution in [0, 0.1) is 0 Å². The van der Waals surface area contributed by atoms with Gasteiger partial charge in [-0.05, 0) is 50.1 Å². The molecule has 2 rings (SSSR count). The van der Waals surface area contributed by atoms with E-state index in [1.165, 1.54) is 11.8 Å². The highest BCUT2D eigenvalue weighted by Gasteiger charge is 2.22. The molecule has 5 nitrogen and oxygen atoms in total. The molecule has 1 unspecified atom stereocenters. The van der Waals surface area contributed by atoms with Gasteiger partial charge in [0, 0.05) is 21.5 Å². The number of carbonyl (C=O) groups is 2. The van der Waals surface area contributed by atoms with Crippen molar-refractivity contribution in [2.75, 3.05) is 5.75 Å². The molecule has 0 fully saturated rings. The molecule has 30 heavy (non-hydrogen) atoms. The molecule has 0 radical (unpaired) electrons. The lowest BCUT2D eigenvalue weighted by Crippen LogP contribution is -2.41. The maximum atomic E-state index is 13.0. The summed E-state index contributed by atoms with van der Waals surface area (Å²) in [5, 5.41) is 7.04. The van der Waals surface area contributed by atoms with Crippen LogP contribution in [0.2, 0.25) is 0 Å². The molecule has 2 aromatic rings. The van der Waals surface area contributed by atoms with Crippen molar-refractivity contribution in [3.05, 3.63) is 44.8 Å². The fraction of sp³-hybridized carbons (Fsp3) is 0.545. The maximum absolute atomic E-state index is 13.0. The van der Waals surface area contributed by atoms with Gasteiger partial charge in [-0.25, -0.2) is 4.79 Å². The number of thiophene rings is 2. The molecule has 0 aromatic carbocycles. The largest absolute Gasteiger partial charge is 0.444 e. The van der Waals surface area contributed by atoms with Crippen molar-refractivity contribution < 1.29 is 14.3 Å². The van der Waals surface area contributed by atoms with Crippen molar-refractivity contribution in [1.82, 2.24) is 10.2 Å². The number of ether oxygens (including phenoxy) is 1. The van der Waals surface area contributed by atoms with Crippen LogP contribution in [0.15, 0.2) is 35.0 Å². The fourth-order valence-electron chi connectivity index (χ4n) is 2.75. The van der Waals surface area contributed by atoms with Gasteiger partial charge >= 0.3 is 6.09 Å².